The zero-order valence-electron chi connectivity index (χ0n) is 14.5. The average Bonchev–Trinajstić information content (AvgIpc) is 3.01. The van der Waals surface area contributed by atoms with Gasteiger partial charge in [0.05, 0.1) is 13.1 Å². The third-order valence-electron chi connectivity index (χ3n) is 3.78. The number of carbonyl (C=O) groups is 2. The van der Waals surface area contributed by atoms with Crippen molar-refractivity contribution in [1.82, 2.24) is 24.8 Å². The molecule has 2 N–H and O–H groups in total. The van der Waals surface area contributed by atoms with Crippen molar-refractivity contribution >= 4 is 23.5 Å². The van der Waals surface area contributed by atoms with Gasteiger partial charge in [-0.2, -0.15) is 0 Å². The highest BCUT2D eigenvalue weighted by Crippen LogP contribution is 2.00. The molecule has 8 heteroatoms. The van der Waals surface area contributed by atoms with Gasteiger partial charge in [0.25, 0.3) is 0 Å². The fourth-order valence-corrected chi connectivity index (χ4v) is 2.44. The third kappa shape index (κ3) is 4.91. The molecule has 0 aliphatic rings. The second-order valence-electron chi connectivity index (χ2n) is 5.75. The Kier molecular flexibility index (Phi) is 5.78. The molecule has 27 heavy (non-hydrogen) atoms. The highest BCUT2D eigenvalue weighted by atomic mass is 16.2. The minimum atomic E-state index is -0.356. The van der Waals surface area contributed by atoms with E-state index in [1.165, 1.54) is 15.2 Å². The van der Waals surface area contributed by atoms with Crippen LogP contribution in [0.4, 0.5) is 0 Å². The monoisotopic (exact) mass is 365 g/mol. The number of aromatic nitrogens is 3. The zero-order chi connectivity index (χ0) is 19.1. The number of fused-ring (bicyclic) bond motifs is 1. The van der Waals surface area contributed by atoms with Gasteiger partial charge in [0.2, 0.25) is 11.8 Å². The van der Waals surface area contributed by atoms with Crippen LogP contribution in [-0.4, -0.2) is 39.1 Å². The molecule has 0 fully saturated rings. The summed E-state index contributed by atoms with van der Waals surface area (Å²) in [6.07, 6.45) is 4.68. The van der Waals surface area contributed by atoms with E-state index in [0.29, 0.717) is 5.65 Å². The number of benzene rings is 1. The number of nitrogens with one attached hydrogen (secondary N) is 2. The Morgan fingerprint density at radius 3 is 2.59 bits per heavy atom. The van der Waals surface area contributed by atoms with Crippen LogP contribution in [0, 0.1) is 0 Å². The van der Waals surface area contributed by atoms with E-state index < -0.39 is 0 Å². The van der Waals surface area contributed by atoms with E-state index in [1.807, 2.05) is 30.3 Å². The van der Waals surface area contributed by atoms with Gasteiger partial charge in [-0.05, 0) is 23.8 Å². The van der Waals surface area contributed by atoms with Crippen molar-refractivity contribution in [2.24, 2.45) is 0 Å². The Morgan fingerprint density at radius 2 is 1.81 bits per heavy atom. The summed E-state index contributed by atoms with van der Waals surface area (Å²) in [4.78, 5) is 35.6. The van der Waals surface area contributed by atoms with E-state index >= 15 is 0 Å². The van der Waals surface area contributed by atoms with Gasteiger partial charge in [0.15, 0.2) is 5.65 Å². The van der Waals surface area contributed by atoms with E-state index in [4.69, 9.17) is 0 Å². The SMILES string of the molecule is O=C(/C=C/c1ccccc1)NCC(=O)NCCn1nc2ccccn2c1=O. The molecular formula is C19H19N5O3. The van der Waals surface area contributed by atoms with Crippen LogP contribution in [0.25, 0.3) is 11.7 Å². The van der Waals surface area contributed by atoms with E-state index in [9.17, 15) is 14.4 Å². The number of carbonyl (C=O) groups excluding carboxylic acids is 2. The molecule has 8 nitrogen and oxygen atoms in total. The van der Waals surface area contributed by atoms with Gasteiger partial charge < -0.3 is 10.6 Å². The van der Waals surface area contributed by atoms with E-state index in [0.717, 1.165) is 5.56 Å². The van der Waals surface area contributed by atoms with E-state index in [-0.39, 0.29) is 37.1 Å². The first kappa shape index (κ1) is 18.1. The molecule has 0 radical (unpaired) electrons. The maximum absolute atomic E-state index is 12.1. The summed E-state index contributed by atoms with van der Waals surface area (Å²) in [6, 6.07) is 14.7. The number of amides is 2. The summed E-state index contributed by atoms with van der Waals surface area (Å²) >= 11 is 0. The van der Waals surface area contributed by atoms with Crippen LogP contribution in [0.1, 0.15) is 5.56 Å². The number of pyridine rings is 1. The van der Waals surface area contributed by atoms with Crippen LogP contribution >= 0.6 is 0 Å². The minimum Gasteiger partial charge on any atom is -0.353 e. The molecule has 0 aliphatic heterocycles. The molecule has 0 unspecified atom stereocenters. The van der Waals surface area contributed by atoms with Gasteiger partial charge in [-0.1, -0.05) is 36.4 Å². The van der Waals surface area contributed by atoms with Crippen molar-refractivity contribution in [2.45, 2.75) is 6.54 Å². The highest BCUT2D eigenvalue weighted by Gasteiger charge is 2.07. The maximum atomic E-state index is 12.1. The molecule has 0 aliphatic carbocycles. The lowest BCUT2D eigenvalue weighted by Crippen LogP contribution is -2.38. The largest absolute Gasteiger partial charge is 0.353 e. The summed E-state index contributed by atoms with van der Waals surface area (Å²) in [5.74, 6) is -0.696. The molecule has 0 atom stereocenters. The number of hydrogen-bond donors (Lipinski definition) is 2. The van der Waals surface area contributed by atoms with Crippen LogP contribution in [0.3, 0.4) is 0 Å². The molecular weight excluding hydrogens is 346 g/mol. The van der Waals surface area contributed by atoms with Crippen LogP contribution in [-0.2, 0) is 16.1 Å². The predicted octanol–water partition coefficient (Wildman–Crippen LogP) is 0.442. The van der Waals surface area contributed by atoms with Gasteiger partial charge in [-0.3, -0.25) is 14.0 Å². The molecule has 3 aromatic rings. The van der Waals surface area contributed by atoms with Crippen molar-refractivity contribution in [3.63, 3.8) is 0 Å². The standard InChI is InChI=1S/C19H19N5O3/c25-17(10-9-15-6-2-1-3-7-15)21-14-18(26)20-11-13-24-19(27)23-12-5-4-8-16(23)22-24/h1-10,12H,11,13-14H2,(H,20,26)(H,21,25)/b10-9+. The molecule has 2 amide bonds. The minimum absolute atomic E-state index is 0.141. The summed E-state index contributed by atoms with van der Waals surface area (Å²) in [6.45, 7) is 0.338. The Balaban J connectivity index is 1.42. The molecule has 1 aromatic carbocycles. The fraction of sp³-hybridized carbons (Fsp3) is 0.158. The predicted molar refractivity (Wildman–Crippen MR) is 101 cm³/mol. The van der Waals surface area contributed by atoms with Gasteiger partial charge in [0.1, 0.15) is 0 Å². The average molecular weight is 365 g/mol. The van der Waals surface area contributed by atoms with Crippen LogP contribution in [0.5, 0.6) is 0 Å². The first-order valence-electron chi connectivity index (χ1n) is 8.45. The van der Waals surface area contributed by atoms with Gasteiger partial charge >= 0.3 is 5.69 Å². The van der Waals surface area contributed by atoms with Crippen molar-refractivity contribution in [3.05, 3.63) is 76.9 Å². The second kappa shape index (κ2) is 8.61. The first-order valence-corrected chi connectivity index (χ1v) is 8.45. The first-order chi connectivity index (χ1) is 13.1. The second-order valence-corrected chi connectivity index (χ2v) is 5.75. The zero-order valence-corrected chi connectivity index (χ0v) is 14.5. The molecule has 138 valence electrons. The smallest absolute Gasteiger partial charge is 0.350 e. The third-order valence-corrected chi connectivity index (χ3v) is 3.78. The number of hydrogen-bond acceptors (Lipinski definition) is 4. The number of nitrogens with zero attached hydrogens (tertiary/aromatic N) is 3. The van der Waals surface area contributed by atoms with Gasteiger partial charge in [-0.15, -0.1) is 5.10 Å². The lowest BCUT2D eigenvalue weighted by Gasteiger charge is -2.05. The fourth-order valence-electron chi connectivity index (χ4n) is 2.44. The van der Waals surface area contributed by atoms with E-state index in [2.05, 4.69) is 15.7 Å². The topological polar surface area (TPSA) is 97.5 Å². The van der Waals surface area contributed by atoms with Crippen LogP contribution in [0.2, 0.25) is 0 Å². The molecule has 0 saturated carbocycles. The Hall–Kier alpha value is -3.68. The van der Waals surface area contributed by atoms with Crippen molar-refractivity contribution < 1.29 is 9.59 Å². The van der Waals surface area contributed by atoms with Gasteiger partial charge in [-0.25, -0.2) is 9.48 Å². The maximum Gasteiger partial charge on any atom is 0.350 e. The van der Waals surface area contributed by atoms with Crippen molar-refractivity contribution in [1.29, 1.82) is 0 Å². The normalized spacial score (nSPS) is 11.0. The van der Waals surface area contributed by atoms with Crippen LogP contribution < -0.4 is 16.3 Å². The summed E-state index contributed by atoms with van der Waals surface area (Å²) in [7, 11) is 0. The van der Waals surface area contributed by atoms with Gasteiger partial charge in [0, 0.05) is 18.8 Å². The molecule has 2 heterocycles. The molecule has 2 aromatic heterocycles. The Labute approximate surface area is 155 Å². The number of rotatable bonds is 7. The molecule has 3 rings (SSSR count). The van der Waals surface area contributed by atoms with E-state index in [1.54, 1.807) is 30.5 Å². The van der Waals surface area contributed by atoms with Crippen LogP contribution in [0.15, 0.2) is 65.6 Å². The highest BCUT2D eigenvalue weighted by molar-refractivity contribution is 5.94. The quantitative estimate of drug-likeness (QED) is 0.594. The lowest BCUT2D eigenvalue weighted by molar-refractivity contribution is -0.123. The summed E-state index contributed by atoms with van der Waals surface area (Å²) < 4.78 is 2.72. The summed E-state index contributed by atoms with van der Waals surface area (Å²) in [5.41, 5.74) is 1.18. The molecule has 0 saturated heterocycles. The lowest BCUT2D eigenvalue weighted by atomic mass is 10.2. The van der Waals surface area contributed by atoms with Crippen molar-refractivity contribution in [2.75, 3.05) is 13.1 Å². The molecule has 0 spiro atoms. The summed E-state index contributed by atoms with van der Waals surface area (Å²) in [5, 5.41) is 9.33. The Morgan fingerprint density at radius 1 is 1.04 bits per heavy atom. The molecule has 0 bridgehead atoms. The Bertz CT molecular complexity index is 1020. The van der Waals surface area contributed by atoms with Crippen molar-refractivity contribution in [3.8, 4) is 0 Å².